The Balaban J connectivity index is 1.42. The fourth-order valence-corrected chi connectivity index (χ4v) is 10.5. The Labute approximate surface area is 348 Å². The normalized spacial score (nSPS) is 37.8. The number of esters is 3. The van der Waals surface area contributed by atoms with Gasteiger partial charge < -0.3 is 44.7 Å². The maximum absolute atomic E-state index is 15.1. The van der Waals surface area contributed by atoms with Gasteiger partial charge in [0.25, 0.3) is 0 Å². The van der Waals surface area contributed by atoms with E-state index in [4.69, 9.17) is 18.9 Å². The molecule has 14 heteroatoms. The first-order valence-electron chi connectivity index (χ1n) is 20.7. The lowest BCUT2D eigenvalue weighted by atomic mass is 9.44. The van der Waals surface area contributed by atoms with E-state index < -0.39 is 107 Å². The fourth-order valence-electron chi connectivity index (χ4n) is 10.5. The maximum atomic E-state index is 15.1. The number of rotatable bonds is 2. The van der Waals surface area contributed by atoms with Gasteiger partial charge in [0.1, 0.15) is 30.0 Å². The van der Waals surface area contributed by atoms with Crippen LogP contribution in [-0.2, 0) is 44.5 Å². The number of ketones is 1. The average molecular weight is 830 g/mol. The second-order valence-corrected chi connectivity index (χ2v) is 17.8. The number of carbonyl (C=O) groups excluding carboxylic acids is 5. The van der Waals surface area contributed by atoms with Gasteiger partial charge >= 0.3 is 17.9 Å². The van der Waals surface area contributed by atoms with Gasteiger partial charge in [0.2, 0.25) is 5.91 Å². The van der Waals surface area contributed by atoms with Gasteiger partial charge in [0.15, 0.2) is 17.5 Å². The van der Waals surface area contributed by atoms with E-state index in [1.807, 2.05) is 18.2 Å². The van der Waals surface area contributed by atoms with Gasteiger partial charge in [-0.1, -0.05) is 68.5 Å². The third kappa shape index (κ3) is 7.19. The van der Waals surface area contributed by atoms with Crippen molar-refractivity contribution in [3.05, 3.63) is 94.6 Å². The number of nitrogens with one attached hydrogen (secondary N) is 1. The molecule has 11 atom stereocenters. The summed E-state index contributed by atoms with van der Waals surface area (Å²) in [6.07, 6.45) is -3.92. The van der Waals surface area contributed by atoms with Crippen LogP contribution in [0.1, 0.15) is 101 Å². The molecule has 2 aliphatic heterocycles. The van der Waals surface area contributed by atoms with E-state index in [1.54, 1.807) is 62.4 Å². The summed E-state index contributed by atoms with van der Waals surface area (Å²) >= 11 is 0. The van der Waals surface area contributed by atoms with Crippen molar-refractivity contribution >= 4 is 29.6 Å². The largest absolute Gasteiger partial charge is 0.456 e. The lowest BCUT2D eigenvalue weighted by molar-refractivity contribution is -0.346. The van der Waals surface area contributed by atoms with E-state index in [9.17, 15) is 39.6 Å². The summed E-state index contributed by atoms with van der Waals surface area (Å²) in [5, 5.41) is 52.2. The number of carbonyl (C=O) groups is 5. The second kappa shape index (κ2) is 16.3. The predicted octanol–water partition coefficient (Wildman–Crippen LogP) is 3.52. The third-order valence-corrected chi connectivity index (χ3v) is 13.9. The molecule has 3 fully saturated rings. The Morgan fingerprint density at radius 3 is 2.35 bits per heavy atom. The van der Waals surface area contributed by atoms with Crippen LogP contribution in [0.5, 0.6) is 0 Å². The average Bonchev–Trinajstić information content (AvgIpc) is 3.20. The molecular formula is C46H55NO13. The topological polar surface area (TPSA) is 215 Å². The van der Waals surface area contributed by atoms with Gasteiger partial charge in [-0.05, 0) is 73.9 Å². The van der Waals surface area contributed by atoms with Crippen molar-refractivity contribution in [2.75, 3.05) is 6.61 Å². The zero-order valence-corrected chi connectivity index (χ0v) is 34.6. The van der Waals surface area contributed by atoms with Crippen LogP contribution in [0.25, 0.3) is 0 Å². The van der Waals surface area contributed by atoms with Gasteiger partial charge in [-0.15, -0.1) is 0 Å². The van der Waals surface area contributed by atoms with Crippen molar-refractivity contribution in [2.45, 2.75) is 133 Å². The van der Waals surface area contributed by atoms with E-state index >= 15 is 4.79 Å². The van der Waals surface area contributed by atoms with Crippen molar-refractivity contribution in [2.24, 2.45) is 16.7 Å². The van der Waals surface area contributed by atoms with Crippen molar-refractivity contribution in [3.8, 4) is 0 Å². The zero-order valence-electron chi connectivity index (χ0n) is 34.6. The number of fused-ring (bicyclic) bond motifs is 8. The van der Waals surface area contributed by atoms with Crippen LogP contribution in [0.2, 0.25) is 0 Å². The quantitative estimate of drug-likeness (QED) is 0.167. The maximum Gasteiger partial charge on any atom is 0.338 e. The summed E-state index contributed by atoms with van der Waals surface area (Å²) in [7, 11) is 0. The zero-order chi connectivity index (χ0) is 43.4. The van der Waals surface area contributed by atoms with Crippen LogP contribution < -0.4 is 5.32 Å². The predicted molar refractivity (Wildman–Crippen MR) is 214 cm³/mol. The summed E-state index contributed by atoms with van der Waals surface area (Å²) in [5.74, 6) is -5.61. The number of ether oxygens (including phenoxy) is 4. The number of Topliss-reactive ketones (excluding diaryl/α,β-unsaturated/α-hetero) is 1. The minimum atomic E-state index is -2.34. The summed E-state index contributed by atoms with van der Waals surface area (Å²) in [5.41, 5.74) is -6.22. The third-order valence-electron chi connectivity index (χ3n) is 13.9. The fraction of sp³-hybridized carbons (Fsp3) is 0.543. The van der Waals surface area contributed by atoms with Gasteiger partial charge in [-0.2, -0.15) is 0 Å². The van der Waals surface area contributed by atoms with E-state index in [2.05, 4.69) is 5.32 Å². The van der Waals surface area contributed by atoms with Gasteiger partial charge in [0, 0.05) is 31.6 Å². The SMILES string of the molecule is CC(=O)O[C@@]12CO[C@@H]1C[C@H](O)[C@@]1(C)C(=O)[C@H](O)C3=C(C)[C@@H]4C[C@@](O)([C@@H](OC(=O)c5cccc(c5)C/C=C\CCCCC(=O)N[C@@H](c5ccccc5)[C@@H](O)C(=O)O4)C12)C3(C)C. The molecule has 0 radical (unpaired) electrons. The Morgan fingerprint density at radius 1 is 0.933 bits per heavy atom. The monoisotopic (exact) mass is 829 g/mol. The lowest BCUT2D eigenvalue weighted by Crippen LogP contribution is -2.81. The summed E-state index contributed by atoms with van der Waals surface area (Å²) in [4.78, 5) is 70.0. The molecule has 0 aromatic heterocycles. The van der Waals surface area contributed by atoms with E-state index in [1.165, 1.54) is 20.8 Å². The van der Waals surface area contributed by atoms with Crippen LogP contribution in [0.4, 0.5) is 0 Å². The summed E-state index contributed by atoms with van der Waals surface area (Å²) in [6.45, 7) is 6.99. The first kappa shape index (κ1) is 43.4. The molecule has 2 saturated carbocycles. The van der Waals surface area contributed by atoms with Crippen molar-refractivity contribution in [1.29, 1.82) is 0 Å². The molecular weight excluding hydrogens is 774 g/mol. The van der Waals surface area contributed by atoms with E-state index in [-0.39, 0.29) is 36.2 Å². The van der Waals surface area contributed by atoms with Crippen LogP contribution in [0, 0.1) is 16.7 Å². The first-order valence-corrected chi connectivity index (χ1v) is 20.7. The highest BCUT2D eigenvalue weighted by Crippen LogP contribution is 2.64. The molecule has 322 valence electrons. The van der Waals surface area contributed by atoms with Crippen molar-refractivity contribution in [1.82, 2.24) is 5.32 Å². The number of allylic oxidation sites excluding steroid dienone is 2. The Kier molecular flexibility index (Phi) is 11.8. The van der Waals surface area contributed by atoms with E-state index in [0.717, 1.165) is 5.56 Å². The second-order valence-electron chi connectivity index (χ2n) is 17.8. The number of hydrogen-bond donors (Lipinski definition) is 5. The highest BCUT2D eigenvalue weighted by molar-refractivity contribution is 5.94. The lowest BCUT2D eigenvalue weighted by Gasteiger charge is -2.67. The standard InChI is InChI=1S/C46H55NO13/c1-25-30-23-46(56)40(38-44(5,39(53)36(51)34(25)43(46,3)4)31(49)22-32-45(38,24-57-32)60-26(2)48)59-41(54)29-19-14-16-27(21-29)15-10-7-6-8-13-20-33(50)47-35(37(52)42(55)58-30)28-17-11-9-12-18-28/h7,9-12,14,16-19,21,30-32,35-38,40,49,51-52,56H,6,8,13,15,20,22-24H2,1-5H3,(H,47,50)/b10-7-/t30-,31-,32+,35-,36+,37+,38?,40-,44+,45-,46+/m0/s1. The minimum absolute atomic E-state index is 0.0360. The first-order chi connectivity index (χ1) is 28.4. The molecule has 0 spiro atoms. The molecule has 14 nitrogen and oxygen atoms in total. The molecule has 5 aliphatic rings. The molecule has 1 unspecified atom stereocenters. The molecule has 2 aromatic carbocycles. The van der Waals surface area contributed by atoms with Crippen LogP contribution in [0.15, 0.2) is 77.9 Å². The molecule has 2 aromatic rings. The van der Waals surface area contributed by atoms with Crippen LogP contribution in [-0.4, -0.2) is 104 Å². The molecule has 5 bridgehead atoms. The molecule has 2 heterocycles. The van der Waals surface area contributed by atoms with Gasteiger partial charge in [0.05, 0.1) is 35.6 Å². The van der Waals surface area contributed by atoms with Crippen LogP contribution in [0.3, 0.4) is 0 Å². The highest BCUT2D eigenvalue weighted by Gasteiger charge is 2.78. The molecule has 5 N–H and O–H groups in total. The highest BCUT2D eigenvalue weighted by atomic mass is 16.6. The van der Waals surface area contributed by atoms with Crippen LogP contribution >= 0.6 is 0 Å². The van der Waals surface area contributed by atoms with E-state index in [0.29, 0.717) is 31.2 Å². The van der Waals surface area contributed by atoms with Crippen molar-refractivity contribution < 1.29 is 63.3 Å². The molecule has 3 aliphatic carbocycles. The summed E-state index contributed by atoms with van der Waals surface area (Å²) in [6, 6.07) is 13.9. The molecule has 7 rings (SSSR count). The molecule has 1 saturated heterocycles. The minimum Gasteiger partial charge on any atom is -0.456 e. The number of amides is 1. The smallest absolute Gasteiger partial charge is 0.338 e. The Bertz CT molecular complexity index is 2100. The Hall–Kier alpha value is -4.73. The van der Waals surface area contributed by atoms with Gasteiger partial charge in [-0.25, -0.2) is 9.59 Å². The number of aliphatic hydroxyl groups excluding tert-OH is 3. The number of benzene rings is 2. The van der Waals surface area contributed by atoms with Gasteiger partial charge in [-0.3, -0.25) is 14.4 Å². The summed E-state index contributed by atoms with van der Waals surface area (Å²) < 4.78 is 24.5. The van der Waals surface area contributed by atoms with Crippen molar-refractivity contribution in [3.63, 3.8) is 0 Å². The Morgan fingerprint density at radius 2 is 1.67 bits per heavy atom. The number of aliphatic hydroxyl groups is 4. The molecule has 60 heavy (non-hydrogen) atoms. The molecule has 1 amide bonds. The number of hydrogen-bond acceptors (Lipinski definition) is 13.